The van der Waals surface area contributed by atoms with E-state index in [2.05, 4.69) is 12.6 Å². The van der Waals surface area contributed by atoms with Gasteiger partial charge in [0.25, 0.3) is 5.52 Å². The third kappa shape index (κ3) is 4.31. The average Bonchev–Trinajstić information content (AvgIpc) is 2.53. The van der Waals surface area contributed by atoms with Crippen molar-refractivity contribution in [3.8, 4) is 0 Å². The van der Waals surface area contributed by atoms with Gasteiger partial charge in [-0.2, -0.15) is 0 Å². The summed E-state index contributed by atoms with van der Waals surface area (Å²) in [6.45, 7) is 0. The predicted octanol–water partition coefficient (Wildman–Crippen LogP) is 1.68. The molecule has 1 aliphatic rings. The maximum absolute atomic E-state index is 11.7. The second-order valence-electron chi connectivity index (χ2n) is 5.66. The van der Waals surface area contributed by atoms with Crippen LogP contribution in [-0.4, -0.2) is 48.5 Å². The molecule has 7 nitrogen and oxygen atoms in total. The van der Waals surface area contributed by atoms with Gasteiger partial charge in [0, 0.05) is 0 Å². The van der Waals surface area contributed by atoms with E-state index in [1.807, 2.05) is 0 Å². The molecule has 120 valence electrons. The quantitative estimate of drug-likeness (QED) is 0.170. The van der Waals surface area contributed by atoms with Crippen LogP contribution in [0.1, 0.15) is 38.5 Å². The third-order valence-electron chi connectivity index (χ3n) is 4.09. The summed E-state index contributed by atoms with van der Waals surface area (Å²) in [7, 11) is -8.42. The highest BCUT2D eigenvalue weighted by Gasteiger charge is 2.58. The maximum atomic E-state index is 11.7. The van der Waals surface area contributed by atoms with Gasteiger partial charge in [0.2, 0.25) is 0 Å². The zero-order chi connectivity index (χ0) is 15.6. The van der Waals surface area contributed by atoms with Crippen LogP contribution in [-0.2, 0) is 9.13 Å². The minimum Gasteiger partial charge on any atom is -0.320 e. The summed E-state index contributed by atoms with van der Waals surface area (Å²) in [5.41, 5.74) is -2.03. The summed E-state index contributed by atoms with van der Waals surface area (Å²) < 4.78 is 22.9. The molecule has 0 aromatic carbocycles. The van der Waals surface area contributed by atoms with Crippen LogP contribution < -0.4 is 0 Å². The van der Waals surface area contributed by atoms with Crippen molar-refractivity contribution in [3.05, 3.63) is 0 Å². The highest BCUT2D eigenvalue weighted by atomic mass is 32.1. The van der Waals surface area contributed by atoms with Crippen LogP contribution in [0.15, 0.2) is 0 Å². The average molecular weight is 348 g/mol. The first-order valence-corrected chi connectivity index (χ1v) is 10.6. The van der Waals surface area contributed by atoms with E-state index in [4.69, 9.17) is 0 Å². The number of hydrogen-bond donors (Lipinski definition) is 5. The first kappa shape index (κ1) is 18.7. The van der Waals surface area contributed by atoms with Crippen molar-refractivity contribution in [1.29, 1.82) is 0 Å². The van der Waals surface area contributed by atoms with Crippen molar-refractivity contribution < 1.29 is 33.2 Å². The van der Waals surface area contributed by atoms with Crippen LogP contribution in [0.25, 0.3) is 0 Å². The fourth-order valence-electron chi connectivity index (χ4n) is 3.11. The molecule has 0 aromatic rings. The molecule has 0 heterocycles. The molecule has 0 spiro atoms. The highest BCUT2D eigenvalue weighted by molar-refractivity contribution is 7.80. The molecule has 1 aliphatic carbocycles. The van der Waals surface area contributed by atoms with Crippen molar-refractivity contribution >= 4 is 27.8 Å². The fourth-order valence-corrected chi connectivity index (χ4v) is 7.24. The molecule has 0 bridgehead atoms. The first-order chi connectivity index (χ1) is 9.03. The molecule has 1 fully saturated rings. The summed E-state index contributed by atoms with van der Waals surface area (Å²) in [6.07, 6.45) is 5.29. The summed E-state index contributed by atoms with van der Waals surface area (Å²) in [6, 6.07) is -0.194. The van der Waals surface area contributed by atoms with Gasteiger partial charge in [0.15, 0.2) is 0 Å². The Morgan fingerprint density at radius 2 is 1.45 bits per heavy atom. The molecule has 0 aliphatic heterocycles. The van der Waals surface area contributed by atoms with E-state index in [-0.39, 0.29) is 11.9 Å². The monoisotopic (exact) mass is 348 g/mol. The fraction of sp³-hybridized carbons (Fsp3) is 1.00. The van der Waals surface area contributed by atoms with Crippen LogP contribution in [0.2, 0.25) is 0 Å². The van der Waals surface area contributed by atoms with E-state index >= 15 is 0 Å². The molecular weight excluding hydrogens is 324 g/mol. The van der Waals surface area contributed by atoms with Gasteiger partial charge < -0.3 is 19.6 Å². The zero-order valence-electron chi connectivity index (χ0n) is 11.5. The number of hydrogen-bond acceptors (Lipinski definition) is 3. The lowest BCUT2D eigenvalue weighted by atomic mass is 10.1. The smallest absolute Gasteiger partial charge is 0.320 e. The third-order valence-corrected chi connectivity index (χ3v) is 8.77. The van der Waals surface area contributed by atoms with E-state index in [0.717, 1.165) is 25.7 Å². The minimum atomic E-state index is -4.96. The van der Waals surface area contributed by atoms with E-state index < -0.39 is 25.2 Å². The summed E-state index contributed by atoms with van der Waals surface area (Å²) in [5.74, 6) is -0.0223. The molecule has 0 amide bonds. The number of thiol groups is 1. The Hall–Kier alpha value is 0.610. The lowest BCUT2D eigenvalue weighted by Gasteiger charge is -2.45. The number of quaternary nitrogens is 1. The Bertz CT molecular complexity index is 394. The second kappa shape index (κ2) is 6.80. The number of nitrogens with zero attached hydrogens (tertiary/aromatic N) is 1. The summed E-state index contributed by atoms with van der Waals surface area (Å²) in [4.78, 5) is 37.8. The van der Waals surface area contributed by atoms with E-state index in [0.29, 0.717) is 12.8 Å². The van der Waals surface area contributed by atoms with Crippen molar-refractivity contribution in [3.63, 3.8) is 0 Å². The molecule has 1 atom stereocenters. The molecular formula is C10H24NO6P2S+. The largest absolute Gasteiger partial charge is 0.395 e. The van der Waals surface area contributed by atoms with Gasteiger partial charge in [0.05, 0.1) is 13.1 Å². The van der Waals surface area contributed by atoms with Crippen LogP contribution >= 0.6 is 27.8 Å². The first-order valence-electron chi connectivity index (χ1n) is 6.59. The minimum absolute atomic E-state index is 0.0223. The molecule has 4 N–H and O–H groups in total. The SMILES string of the molecule is C[N+](CS)(C1CCCCCC1)C(P(=O)(O)O)P(=O)(O)O. The van der Waals surface area contributed by atoms with Gasteiger partial charge in [-0.25, -0.2) is 0 Å². The molecule has 10 heteroatoms. The standard InChI is InChI=1S/C10H23NO6P2S/c1-11(8-20,9-6-4-2-3-5-7-9)10(18(12,13)14)19(15,16)17/h9-10H,2-8H2,1H3,(H4-,12,13,14,15,16,17,20)/p+1. The van der Waals surface area contributed by atoms with E-state index in [1.54, 1.807) is 0 Å². The lowest BCUT2D eigenvalue weighted by Crippen LogP contribution is -2.57. The number of rotatable bonds is 5. The van der Waals surface area contributed by atoms with Crippen LogP contribution in [0, 0.1) is 0 Å². The van der Waals surface area contributed by atoms with Crippen LogP contribution in [0.5, 0.6) is 0 Å². The molecule has 1 unspecified atom stereocenters. The van der Waals surface area contributed by atoms with Gasteiger partial charge in [-0.1, -0.05) is 12.8 Å². The Labute approximate surface area is 124 Å². The molecule has 1 saturated carbocycles. The zero-order valence-corrected chi connectivity index (χ0v) is 14.2. The Balaban J connectivity index is 3.22. The van der Waals surface area contributed by atoms with Gasteiger partial charge in [-0.3, -0.25) is 13.6 Å². The maximum Gasteiger partial charge on any atom is 0.395 e. The van der Waals surface area contributed by atoms with Gasteiger partial charge in [0.1, 0.15) is 5.88 Å². The van der Waals surface area contributed by atoms with Crippen LogP contribution in [0.3, 0.4) is 0 Å². The predicted molar refractivity (Wildman–Crippen MR) is 79.4 cm³/mol. The summed E-state index contributed by atoms with van der Waals surface area (Å²) >= 11 is 4.14. The van der Waals surface area contributed by atoms with Gasteiger partial charge >= 0.3 is 15.2 Å². The van der Waals surface area contributed by atoms with E-state index in [9.17, 15) is 28.7 Å². The normalized spacial score (nSPS) is 22.6. The molecule has 20 heavy (non-hydrogen) atoms. The molecule has 1 rings (SSSR count). The van der Waals surface area contributed by atoms with Crippen molar-refractivity contribution in [2.24, 2.45) is 0 Å². The van der Waals surface area contributed by atoms with Gasteiger partial charge in [-0.05, 0) is 25.7 Å². The molecule has 0 radical (unpaired) electrons. The lowest BCUT2D eigenvalue weighted by molar-refractivity contribution is -0.923. The van der Waals surface area contributed by atoms with Crippen LogP contribution in [0.4, 0.5) is 0 Å². The van der Waals surface area contributed by atoms with Crippen molar-refractivity contribution in [2.45, 2.75) is 50.1 Å². The Morgan fingerprint density at radius 1 is 1.05 bits per heavy atom. The van der Waals surface area contributed by atoms with Crippen molar-refractivity contribution in [1.82, 2.24) is 0 Å². The highest BCUT2D eigenvalue weighted by Crippen LogP contribution is 2.64. The summed E-state index contributed by atoms with van der Waals surface area (Å²) in [5, 5.41) is 0. The Kier molecular flexibility index (Phi) is 6.34. The molecule has 0 aromatic heterocycles. The van der Waals surface area contributed by atoms with E-state index in [1.165, 1.54) is 7.05 Å². The second-order valence-corrected chi connectivity index (χ2v) is 9.68. The Morgan fingerprint density at radius 3 is 1.75 bits per heavy atom. The van der Waals surface area contributed by atoms with Gasteiger partial charge in [-0.15, -0.1) is 12.6 Å². The van der Waals surface area contributed by atoms with Crippen molar-refractivity contribution in [2.75, 3.05) is 12.9 Å². The molecule has 0 saturated heterocycles. The topological polar surface area (TPSA) is 115 Å².